The van der Waals surface area contributed by atoms with Gasteiger partial charge in [0, 0.05) is 5.69 Å². The van der Waals surface area contributed by atoms with Gasteiger partial charge in [0.25, 0.3) is 5.56 Å². The number of nitrogens with zero attached hydrogens (tertiary/aromatic N) is 2. The number of aromatic carboxylic acids is 1. The van der Waals surface area contributed by atoms with Crippen LogP contribution in [0.1, 0.15) is 16.2 Å². The minimum absolute atomic E-state index is 0.158. The Morgan fingerprint density at radius 3 is 2.50 bits per heavy atom. The van der Waals surface area contributed by atoms with Gasteiger partial charge in [-0.05, 0) is 36.4 Å². The number of rotatable bonds is 2. The Morgan fingerprint density at radius 2 is 1.88 bits per heavy atom. The van der Waals surface area contributed by atoms with Crippen molar-refractivity contribution in [3.8, 4) is 5.69 Å². The van der Waals surface area contributed by atoms with Gasteiger partial charge in [-0.3, -0.25) is 9.36 Å². The Balaban J connectivity index is 2.49. The van der Waals surface area contributed by atoms with Crippen LogP contribution in [0.2, 0.25) is 5.02 Å². The molecule has 0 aliphatic rings. The summed E-state index contributed by atoms with van der Waals surface area (Å²) in [5.41, 5.74) is 3.71. The number of alkyl halides is 3. The minimum Gasteiger partial charge on any atom is -0.478 e. The molecule has 0 radical (unpaired) electrons. The maximum Gasteiger partial charge on any atom is 0.450 e. The summed E-state index contributed by atoms with van der Waals surface area (Å²) < 4.78 is 40.8. The topological polar surface area (TPSA) is 98.2 Å². The fourth-order valence-corrected chi connectivity index (χ4v) is 2.64. The number of carboxylic acids is 1. The highest BCUT2D eigenvalue weighted by molar-refractivity contribution is 6.32. The number of carbonyl (C=O) groups is 1. The van der Waals surface area contributed by atoms with E-state index in [4.69, 9.17) is 22.4 Å². The number of hydrogen-bond acceptors (Lipinski definition) is 4. The lowest BCUT2D eigenvalue weighted by Gasteiger charge is -2.17. The molecule has 3 N–H and O–H groups in total. The summed E-state index contributed by atoms with van der Waals surface area (Å²) in [6.07, 6.45) is -4.99. The van der Waals surface area contributed by atoms with Gasteiger partial charge in [-0.15, -0.1) is 0 Å². The Kier molecular flexibility index (Phi) is 4.11. The van der Waals surface area contributed by atoms with Crippen LogP contribution in [-0.2, 0) is 6.18 Å². The van der Waals surface area contributed by atoms with Gasteiger partial charge < -0.3 is 10.8 Å². The first-order chi connectivity index (χ1) is 12.1. The molecule has 26 heavy (non-hydrogen) atoms. The molecule has 0 atom stereocenters. The Labute approximate surface area is 148 Å². The second kappa shape index (κ2) is 6.03. The van der Waals surface area contributed by atoms with E-state index < -0.39 is 29.2 Å². The smallest absolute Gasteiger partial charge is 0.450 e. The molecule has 1 heterocycles. The second-order valence-electron chi connectivity index (χ2n) is 5.32. The summed E-state index contributed by atoms with van der Waals surface area (Å²) in [6, 6.07) is 6.78. The van der Waals surface area contributed by atoms with Crippen LogP contribution in [0, 0.1) is 0 Å². The lowest BCUT2D eigenvalue weighted by Crippen LogP contribution is -2.29. The SMILES string of the molecule is Nc1ccc2nc(C(F)(F)F)n(-c3cc(C(=O)O)ccc3Cl)c(=O)c2c1. The molecule has 0 aliphatic carbocycles. The van der Waals surface area contributed by atoms with E-state index in [0.29, 0.717) is 0 Å². The van der Waals surface area contributed by atoms with Crippen LogP contribution >= 0.6 is 11.6 Å². The molecule has 0 bridgehead atoms. The van der Waals surface area contributed by atoms with Gasteiger partial charge in [-0.2, -0.15) is 13.2 Å². The van der Waals surface area contributed by atoms with Crippen molar-refractivity contribution >= 4 is 34.2 Å². The monoisotopic (exact) mass is 383 g/mol. The zero-order chi connectivity index (χ0) is 19.2. The number of fused-ring (bicyclic) bond motifs is 1. The van der Waals surface area contributed by atoms with Gasteiger partial charge in [0.05, 0.1) is 27.2 Å². The molecule has 3 rings (SSSR count). The van der Waals surface area contributed by atoms with Crippen molar-refractivity contribution in [2.45, 2.75) is 6.18 Å². The molecular formula is C16H9ClF3N3O3. The van der Waals surface area contributed by atoms with E-state index in [1.54, 1.807) is 0 Å². The van der Waals surface area contributed by atoms with E-state index in [1.807, 2.05) is 0 Å². The van der Waals surface area contributed by atoms with E-state index in [9.17, 15) is 22.8 Å². The molecule has 0 saturated heterocycles. The predicted molar refractivity (Wildman–Crippen MR) is 88.7 cm³/mol. The van der Waals surface area contributed by atoms with Crippen molar-refractivity contribution in [3.63, 3.8) is 0 Å². The van der Waals surface area contributed by atoms with E-state index in [-0.39, 0.29) is 31.7 Å². The summed E-state index contributed by atoms with van der Waals surface area (Å²) in [4.78, 5) is 27.4. The van der Waals surface area contributed by atoms with Crippen molar-refractivity contribution in [2.75, 3.05) is 5.73 Å². The number of benzene rings is 2. The zero-order valence-corrected chi connectivity index (χ0v) is 13.5. The van der Waals surface area contributed by atoms with Gasteiger partial charge in [0.15, 0.2) is 0 Å². The van der Waals surface area contributed by atoms with Crippen LogP contribution in [0.4, 0.5) is 18.9 Å². The molecule has 0 aliphatic heterocycles. The number of halogens is 4. The number of anilines is 1. The van der Waals surface area contributed by atoms with Crippen molar-refractivity contribution in [2.24, 2.45) is 0 Å². The summed E-state index contributed by atoms with van der Waals surface area (Å²) >= 11 is 5.94. The van der Waals surface area contributed by atoms with E-state index >= 15 is 0 Å². The summed E-state index contributed by atoms with van der Waals surface area (Å²) in [5, 5.41) is 8.67. The molecular weight excluding hydrogens is 375 g/mol. The fraction of sp³-hybridized carbons (Fsp3) is 0.0625. The van der Waals surface area contributed by atoms with Crippen molar-refractivity contribution < 1.29 is 23.1 Å². The van der Waals surface area contributed by atoms with Gasteiger partial charge >= 0.3 is 12.1 Å². The minimum atomic E-state index is -4.99. The third-order valence-electron chi connectivity index (χ3n) is 3.58. The van der Waals surface area contributed by atoms with Crippen molar-refractivity contribution in [1.82, 2.24) is 9.55 Å². The molecule has 3 aromatic rings. The second-order valence-corrected chi connectivity index (χ2v) is 5.73. The number of carboxylic acid groups (broad SMARTS) is 1. The third-order valence-corrected chi connectivity index (χ3v) is 3.90. The molecule has 0 amide bonds. The van der Waals surface area contributed by atoms with E-state index in [1.165, 1.54) is 18.2 Å². The van der Waals surface area contributed by atoms with Crippen LogP contribution in [-0.4, -0.2) is 20.6 Å². The highest BCUT2D eigenvalue weighted by Gasteiger charge is 2.38. The summed E-state index contributed by atoms with van der Waals surface area (Å²) in [7, 11) is 0. The van der Waals surface area contributed by atoms with Crippen LogP contribution in [0.5, 0.6) is 0 Å². The van der Waals surface area contributed by atoms with Gasteiger partial charge in [0.2, 0.25) is 5.82 Å². The highest BCUT2D eigenvalue weighted by Crippen LogP contribution is 2.32. The van der Waals surface area contributed by atoms with Gasteiger partial charge in [0.1, 0.15) is 0 Å². The normalized spacial score (nSPS) is 11.7. The molecule has 0 saturated carbocycles. The number of aromatic nitrogens is 2. The summed E-state index contributed by atoms with van der Waals surface area (Å²) in [6.45, 7) is 0. The Bertz CT molecular complexity index is 1110. The predicted octanol–water partition coefficient (Wildman–Crippen LogP) is 3.34. The quantitative estimate of drug-likeness (QED) is 0.661. The van der Waals surface area contributed by atoms with Crippen LogP contribution < -0.4 is 11.3 Å². The van der Waals surface area contributed by atoms with Crippen LogP contribution in [0.3, 0.4) is 0 Å². The highest BCUT2D eigenvalue weighted by atomic mass is 35.5. The molecule has 1 aromatic heterocycles. The first-order valence-corrected chi connectivity index (χ1v) is 7.40. The number of nitrogen functional groups attached to an aromatic ring is 1. The van der Waals surface area contributed by atoms with Crippen LogP contribution in [0.15, 0.2) is 41.2 Å². The number of hydrogen-bond donors (Lipinski definition) is 2. The van der Waals surface area contributed by atoms with Gasteiger partial charge in [-0.25, -0.2) is 9.78 Å². The van der Waals surface area contributed by atoms with E-state index in [0.717, 1.165) is 18.2 Å². The zero-order valence-electron chi connectivity index (χ0n) is 12.7. The first kappa shape index (κ1) is 17.7. The lowest BCUT2D eigenvalue weighted by molar-refractivity contribution is -0.146. The molecule has 10 heteroatoms. The lowest BCUT2D eigenvalue weighted by atomic mass is 10.1. The Morgan fingerprint density at radius 1 is 1.19 bits per heavy atom. The maximum absolute atomic E-state index is 13.5. The fourth-order valence-electron chi connectivity index (χ4n) is 2.43. The van der Waals surface area contributed by atoms with Gasteiger partial charge in [-0.1, -0.05) is 11.6 Å². The molecule has 0 unspecified atom stereocenters. The number of nitrogens with two attached hydrogens (primary N) is 1. The average Bonchev–Trinajstić information content (AvgIpc) is 2.55. The third kappa shape index (κ3) is 2.97. The molecule has 6 nitrogen and oxygen atoms in total. The molecule has 0 spiro atoms. The summed E-state index contributed by atoms with van der Waals surface area (Å²) in [5.74, 6) is -2.91. The first-order valence-electron chi connectivity index (χ1n) is 7.02. The van der Waals surface area contributed by atoms with E-state index in [2.05, 4.69) is 4.98 Å². The largest absolute Gasteiger partial charge is 0.478 e. The van der Waals surface area contributed by atoms with Crippen molar-refractivity contribution in [1.29, 1.82) is 0 Å². The maximum atomic E-state index is 13.5. The molecule has 0 fully saturated rings. The average molecular weight is 384 g/mol. The Hall–Kier alpha value is -3.07. The molecule has 2 aromatic carbocycles. The van der Waals surface area contributed by atoms with Crippen molar-refractivity contribution in [3.05, 3.63) is 63.2 Å². The standard InChI is InChI=1S/C16H9ClF3N3O3/c17-10-3-1-7(14(25)26)5-12(10)23-13(24)9-6-8(21)2-4-11(9)22-15(23)16(18,19)20/h1-6H,21H2,(H,25,26). The van der Waals surface area contributed by atoms with Crippen LogP contribution in [0.25, 0.3) is 16.6 Å². The molecule has 134 valence electrons.